The molecular weight excluding hydrogens is 398 g/mol. The lowest BCUT2D eigenvalue weighted by Gasteiger charge is -2.22. The van der Waals surface area contributed by atoms with Gasteiger partial charge in [-0.1, -0.05) is 13.3 Å². The first-order valence-corrected chi connectivity index (χ1v) is 9.19. The van der Waals surface area contributed by atoms with Crippen molar-refractivity contribution >= 4 is 13.2 Å². The number of nitrogens with one attached hydrogen (secondary N) is 1. The molecule has 150 valence electrons. The minimum Gasteiger partial charge on any atom is -0.367 e. The number of rotatable bonds is 8. The number of nitrogens with zero attached hydrogens (tertiary/aromatic N) is 2. The molecule has 0 amide bonds. The second-order valence-electron chi connectivity index (χ2n) is 5.27. The van der Waals surface area contributed by atoms with Crippen LogP contribution in [0.3, 0.4) is 0 Å². The van der Waals surface area contributed by atoms with E-state index in [-0.39, 0.29) is 17.5 Å². The molecule has 1 N–H and O–H groups in total. The molecule has 0 spiro atoms. The average Bonchev–Trinajstić information content (AvgIpc) is 2.39. The van der Waals surface area contributed by atoms with Crippen LogP contribution >= 0.6 is 7.37 Å². The molecule has 14 heteroatoms. The van der Waals surface area contributed by atoms with Crippen molar-refractivity contribution in [3.8, 4) is 0 Å². The number of hydrogen-bond acceptors (Lipinski definition) is 5. The second kappa shape index (κ2) is 8.28. The molecule has 0 bridgehead atoms. The van der Waals surface area contributed by atoms with E-state index in [9.17, 15) is 40.1 Å². The van der Waals surface area contributed by atoms with Gasteiger partial charge < -0.3 is 9.94 Å². The van der Waals surface area contributed by atoms with Crippen molar-refractivity contribution in [1.82, 2.24) is 9.71 Å². The van der Waals surface area contributed by atoms with E-state index in [1.165, 1.54) is 0 Å². The third kappa shape index (κ3) is 7.63. The Kier molecular flexibility index (Phi) is 7.09. The fourth-order valence-corrected chi connectivity index (χ4v) is 3.56. The predicted molar refractivity (Wildman–Crippen MR) is 77.9 cm³/mol. The maximum atomic E-state index is 13.8. The van der Waals surface area contributed by atoms with Gasteiger partial charge in [-0.25, -0.2) is 9.18 Å². The zero-order valence-electron chi connectivity index (χ0n) is 13.3. The fourth-order valence-electron chi connectivity index (χ4n) is 1.80. The predicted octanol–water partition coefficient (Wildman–Crippen LogP) is 3.43. The highest BCUT2D eigenvalue weighted by Crippen LogP contribution is 2.51. The van der Waals surface area contributed by atoms with Crippen LogP contribution in [-0.2, 0) is 4.57 Å². The van der Waals surface area contributed by atoms with Crippen LogP contribution in [0.15, 0.2) is 11.0 Å². The Labute approximate surface area is 142 Å². The van der Waals surface area contributed by atoms with E-state index in [1.54, 1.807) is 0 Å². The quantitative estimate of drug-likeness (QED) is 0.402. The van der Waals surface area contributed by atoms with Crippen LogP contribution in [0.5, 0.6) is 0 Å². The van der Waals surface area contributed by atoms with Gasteiger partial charge in [-0.05, 0) is 6.42 Å². The lowest BCUT2D eigenvalue weighted by atomic mass is 10.3. The zero-order chi connectivity index (χ0) is 20.2. The van der Waals surface area contributed by atoms with Crippen LogP contribution < -0.4 is 15.6 Å². The summed E-state index contributed by atoms with van der Waals surface area (Å²) in [6.45, 7) is 2.06. The summed E-state index contributed by atoms with van der Waals surface area (Å²) in [5.41, 5.74) is -1.52. The SMILES string of the molecule is CCCCNc1nc(=O)n(OP(=O)(CC(F)(F)F)CC(F)(F)F)cc1F. The molecule has 0 saturated carbocycles. The molecule has 0 aliphatic rings. The highest BCUT2D eigenvalue weighted by molar-refractivity contribution is 7.59. The van der Waals surface area contributed by atoms with Crippen molar-refractivity contribution in [2.45, 2.75) is 32.1 Å². The third-order valence-electron chi connectivity index (χ3n) is 2.75. The van der Waals surface area contributed by atoms with Crippen LogP contribution in [0.25, 0.3) is 0 Å². The van der Waals surface area contributed by atoms with E-state index in [0.29, 0.717) is 6.42 Å². The largest absolute Gasteiger partial charge is 0.399 e. The topological polar surface area (TPSA) is 73.2 Å². The molecule has 0 atom stereocenters. The number of halogens is 7. The summed E-state index contributed by atoms with van der Waals surface area (Å²) in [7, 11) is -5.49. The van der Waals surface area contributed by atoms with Crippen molar-refractivity contribution in [1.29, 1.82) is 0 Å². The summed E-state index contributed by atoms with van der Waals surface area (Å²) < 4.78 is 104. The smallest absolute Gasteiger partial charge is 0.367 e. The molecular formula is C12H15F7N3O3P. The van der Waals surface area contributed by atoms with Gasteiger partial charge in [0.25, 0.3) is 7.37 Å². The van der Waals surface area contributed by atoms with Crippen LogP contribution in [-0.4, -0.2) is 40.9 Å². The fraction of sp³-hybridized carbons (Fsp3) is 0.667. The van der Waals surface area contributed by atoms with Gasteiger partial charge in [-0.15, -0.1) is 4.73 Å². The number of hydrogen-bond donors (Lipinski definition) is 1. The maximum absolute atomic E-state index is 13.8. The highest BCUT2D eigenvalue weighted by Gasteiger charge is 2.48. The van der Waals surface area contributed by atoms with Crippen LogP contribution in [0, 0.1) is 5.82 Å². The van der Waals surface area contributed by atoms with E-state index < -0.39 is 49.4 Å². The number of anilines is 1. The molecule has 0 aromatic carbocycles. The van der Waals surface area contributed by atoms with Crippen molar-refractivity contribution in [3.63, 3.8) is 0 Å². The van der Waals surface area contributed by atoms with Gasteiger partial charge >= 0.3 is 18.0 Å². The molecule has 1 rings (SSSR count). The van der Waals surface area contributed by atoms with E-state index in [1.807, 2.05) is 6.92 Å². The molecule has 1 aromatic heterocycles. The lowest BCUT2D eigenvalue weighted by molar-refractivity contribution is -0.115. The molecule has 0 fully saturated rings. The summed E-state index contributed by atoms with van der Waals surface area (Å²) in [4.78, 5) is 14.8. The number of alkyl halides is 6. The maximum Gasteiger partial charge on any atom is 0.399 e. The number of unbranched alkanes of at least 4 members (excludes halogenated alkanes) is 1. The van der Waals surface area contributed by atoms with E-state index in [0.717, 1.165) is 6.42 Å². The Morgan fingerprint density at radius 2 is 1.73 bits per heavy atom. The van der Waals surface area contributed by atoms with E-state index >= 15 is 0 Å². The molecule has 6 nitrogen and oxygen atoms in total. The van der Waals surface area contributed by atoms with Gasteiger partial charge in [-0.2, -0.15) is 31.3 Å². The minimum absolute atomic E-state index is 0.184. The normalized spacial score (nSPS) is 12.9. The van der Waals surface area contributed by atoms with E-state index in [2.05, 4.69) is 14.9 Å². The van der Waals surface area contributed by atoms with Gasteiger partial charge in [-0.3, -0.25) is 4.57 Å². The van der Waals surface area contributed by atoms with Gasteiger partial charge in [0.1, 0.15) is 12.3 Å². The van der Waals surface area contributed by atoms with Crippen LogP contribution in [0.4, 0.5) is 36.6 Å². The Hall–Kier alpha value is -1.78. The first kappa shape index (κ1) is 22.3. The van der Waals surface area contributed by atoms with Crippen molar-refractivity contribution in [2.75, 3.05) is 24.2 Å². The van der Waals surface area contributed by atoms with Crippen molar-refractivity contribution in [2.24, 2.45) is 0 Å². The Morgan fingerprint density at radius 3 is 2.19 bits per heavy atom. The van der Waals surface area contributed by atoms with Gasteiger partial charge in [0.05, 0.1) is 6.20 Å². The number of aromatic nitrogens is 2. The lowest BCUT2D eigenvalue weighted by Crippen LogP contribution is -2.33. The molecule has 0 saturated heterocycles. The summed E-state index contributed by atoms with van der Waals surface area (Å²) in [5, 5.41) is 2.44. The van der Waals surface area contributed by atoms with Crippen molar-refractivity contribution in [3.05, 3.63) is 22.5 Å². The molecule has 0 aliphatic carbocycles. The molecule has 1 aromatic rings. The highest BCUT2D eigenvalue weighted by atomic mass is 31.2. The Balaban J connectivity index is 3.13. The van der Waals surface area contributed by atoms with Crippen LogP contribution in [0.1, 0.15) is 19.8 Å². The van der Waals surface area contributed by atoms with Gasteiger partial charge in [0.15, 0.2) is 11.6 Å². The molecule has 0 aliphatic heterocycles. The second-order valence-corrected chi connectivity index (χ2v) is 7.69. The summed E-state index contributed by atoms with van der Waals surface area (Å²) in [6.07, 6.45) is -13.9. The standard InChI is InChI=1S/C12H15F7N3O3P/c1-2-3-4-20-9-8(13)5-22(10(23)21-9)25-26(24,6-11(14,15)16)7-12(17,18)19/h5H,2-4,6-7H2,1H3,(H,20,21,23). The monoisotopic (exact) mass is 413 g/mol. The minimum atomic E-state index is -5.49. The summed E-state index contributed by atoms with van der Waals surface area (Å²) in [5.74, 6) is -1.82. The third-order valence-corrected chi connectivity index (χ3v) is 4.91. The summed E-state index contributed by atoms with van der Waals surface area (Å²) >= 11 is 0. The molecule has 26 heavy (non-hydrogen) atoms. The van der Waals surface area contributed by atoms with Gasteiger partial charge in [0.2, 0.25) is 0 Å². The first-order valence-electron chi connectivity index (χ1n) is 7.19. The first-order chi connectivity index (χ1) is 11.7. The molecule has 0 unspecified atom stereocenters. The Morgan fingerprint density at radius 1 is 1.19 bits per heavy atom. The van der Waals surface area contributed by atoms with Crippen LogP contribution in [0.2, 0.25) is 0 Å². The zero-order valence-corrected chi connectivity index (χ0v) is 14.2. The molecule has 1 heterocycles. The van der Waals surface area contributed by atoms with E-state index in [4.69, 9.17) is 0 Å². The summed E-state index contributed by atoms with van der Waals surface area (Å²) in [6, 6.07) is 0. The molecule has 0 radical (unpaired) electrons. The average molecular weight is 413 g/mol. The van der Waals surface area contributed by atoms with Gasteiger partial charge in [0, 0.05) is 6.54 Å². The van der Waals surface area contributed by atoms with Crippen molar-refractivity contribution < 1.29 is 39.9 Å². The Bertz CT molecular complexity index is 697.